The molecule has 2 aromatic carbocycles. The van der Waals surface area contributed by atoms with Crippen LogP contribution in [0, 0.1) is 0 Å². The topological polar surface area (TPSA) is 69.7 Å². The van der Waals surface area contributed by atoms with E-state index in [9.17, 15) is 13.2 Å². The number of carbonyl (C=O) groups excluding carboxylic acids is 1. The molecule has 1 amide bonds. The Hall–Kier alpha value is -1.93. The molecule has 31 heavy (non-hydrogen) atoms. The highest BCUT2D eigenvalue weighted by molar-refractivity contribution is 7.89. The third-order valence-electron chi connectivity index (χ3n) is 5.78. The smallest absolute Gasteiger partial charge is 0.253 e. The van der Waals surface area contributed by atoms with Crippen molar-refractivity contribution in [3.8, 4) is 0 Å². The predicted molar refractivity (Wildman–Crippen MR) is 124 cm³/mol. The lowest BCUT2D eigenvalue weighted by Crippen LogP contribution is -2.47. The third-order valence-corrected chi connectivity index (χ3v) is 8.01. The highest BCUT2D eigenvalue weighted by Crippen LogP contribution is 2.24. The van der Waals surface area contributed by atoms with Crippen LogP contribution in [-0.4, -0.2) is 56.8 Å². The first kappa shape index (κ1) is 23.7. The highest BCUT2D eigenvalue weighted by Gasteiger charge is 2.28. The number of amides is 1. The van der Waals surface area contributed by atoms with Gasteiger partial charge in [-0.05, 0) is 54.8 Å². The van der Waals surface area contributed by atoms with E-state index in [-0.39, 0.29) is 21.4 Å². The Kier molecular flexibility index (Phi) is 7.75. The number of nitrogens with one attached hydrogen (secondary N) is 1. The fourth-order valence-corrected chi connectivity index (χ4v) is 5.35. The number of benzene rings is 2. The molecule has 0 unspecified atom stereocenters. The Morgan fingerprint density at radius 1 is 1.00 bits per heavy atom. The summed E-state index contributed by atoms with van der Waals surface area (Å²) in [5.41, 5.74) is 3.61. The number of halogens is 1. The van der Waals surface area contributed by atoms with Crippen molar-refractivity contribution >= 4 is 27.5 Å². The number of nitrogens with zero attached hydrogens (tertiary/aromatic N) is 2. The molecule has 0 radical (unpaired) electrons. The fraction of sp³-hybridized carbons (Fsp3) is 0.435. The van der Waals surface area contributed by atoms with Crippen LogP contribution in [0.5, 0.6) is 0 Å². The third kappa shape index (κ3) is 5.47. The van der Waals surface area contributed by atoms with E-state index in [1.54, 1.807) is 0 Å². The molecular weight excluding hydrogens is 434 g/mol. The molecule has 2 aromatic rings. The van der Waals surface area contributed by atoms with E-state index < -0.39 is 10.0 Å². The quantitative estimate of drug-likeness (QED) is 0.683. The molecule has 168 valence electrons. The first-order valence-corrected chi connectivity index (χ1v) is 12.4. The fourth-order valence-electron chi connectivity index (χ4n) is 3.70. The Bertz CT molecular complexity index is 1050. The molecule has 0 saturated carbocycles. The van der Waals surface area contributed by atoms with Crippen LogP contribution in [0.2, 0.25) is 5.02 Å². The second-order valence-corrected chi connectivity index (χ2v) is 10.2. The van der Waals surface area contributed by atoms with Gasteiger partial charge in [-0.15, -0.1) is 0 Å². The molecule has 3 rings (SSSR count). The summed E-state index contributed by atoms with van der Waals surface area (Å²) >= 11 is 6.26. The van der Waals surface area contributed by atoms with Crippen molar-refractivity contribution in [3.05, 3.63) is 63.7 Å². The maximum atomic E-state index is 13.0. The first-order chi connectivity index (χ1) is 14.8. The standard InChI is InChI=1S/C23H30ClN3O3S/c1-4-17-6-7-18(5-2)19(14-17)16-25-23(28)21-15-20(8-9-22(21)24)31(29,30)27-12-10-26(3)11-13-27/h6-9,14-15H,4-5,10-13,16H2,1-3H3,(H,25,28). The Labute approximate surface area is 190 Å². The summed E-state index contributed by atoms with van der Waals surface area (Å²) in [5, 5.41) is 3.14. The van der Waals surface area contributed by atoms with Crippen LogP contribution in [0.4, 0.5) is 0 Å². The van der Waals surface area contributed by atoms with Gasteiger partial charge in [0.05, 0.1) is 15.5 Å². The summed E-state index contributed by atoms with van der Waals surface area (Å²) in [5.74, 6) is -0.385. The Morgan fingerprint density at radius 3 is 2.35 bits per heavy atom. The van der Waals surface area contributed by atoms with Gasteiger partial charge in [-0.25, -0.2) is 8.42 Å². The Balaban J connectivity index is 1.79. The molecule has 0 aliphatic carbocycles. The lowest BCUT2D eigenvalue weighted by Gasteiger charge is -2.31. The van der Waals surface area contributed by atoms with Crippen molar-refractivity contribution in [3.63, 3.8) is 0 Å². The van der Waals surface area contributed by atoms with Crippen LogP contribution in [0.15, 0.2) is 41.3 Å². The SMILES string of the molecule is CCc1ccc(CC)c(CNC(=O)c2cc(S(=O)(=O)N3CCN(C)CC3)ccc2Cl)c1. The molecule has 1 saturated heterocycles. The van der Waals surface area contributed by atoms with E-state index in [0.717, 1.165) is 18.4 Å². The number of carbonyl (C=O) groups is 1. The summed E-state index contributed by atoms with van der Waals surface area (Å²) in [6, 6.07) is 10.6. The van der Waals surface area contributed by atoms with E-state index in [0.29, 0.717) is 32.7 Å². The van der Waals surface area contributed by atoms with Gasteiger partial charge in [0.25, 0.3) is 5.91 Å². The zero-order valence-electron chi connectivity index (χ0n) is 18.3. The number of hydrogen-bond donors (Lipinski definition) is 1. The van der Waals surface area contributed by atoms with Crippen LogP contribution in [-0.2, 0) is 29.4 Å². The molecule has 0 spiro atoms. The van der Waals surface area contributed by atoms with Gasteiger partial charge in [-0.2, -0.15) is 4.31 Å². The van der Waals surface area contributed by atoms with Gasteiger partial charge in [0.1, 0.15) is 0 Å². The molecule has 1 heterocycles. The maximum absolute atomic E-state index is 13.0. The van der Waals surface area contributed by atoms with Gasteiger partial charge in [0.15, 0.2) is 0 Å². The minimum atomic E-state index is -3.68. The number of sulfonamides is 1. The van der Waals surface area contributed by atoms with Crippen molar-refractivity contribution in [2.75, 3.05) is 33.2 Å². The molecule has 1 N–H and O–H groups in total. The second kappa shape index (κ2) is 10.1. The molecule has 1 aliphatic rings. The van der Waals surface area contributed by atoms with Crippen molar-refractivity contribution in [2.24, 2.45) is 0 Å². The molecule has 6 nitrogen and oxygen atoms in total. The number of rotatable bonds is 7. The lowest BCUT2D eigenvalue weighted by atomic mass is 10.0. The largest absolute Gasteiger partial charge is 0.348 e. The average molecular weight is 464 g/mol. The molecule has 1 fully saturated rings. The summed E-state index contributed by atoms with van der Waals surface area (Å²) < 4.78 is 27.6. The van der Waals surface area contributed by atoms with E-state index in [2.05, 4.69) is 42.3 Å². The zero-order valence-corrected chi connectivity index (χ0v) is 19.9. The first-order valence-electron chi connectivity index (χ1n) is 10.6. The predicted octanol–water partition coefficient (Wildman–Crippen LogP) is 3.33. The van der Waals surface area contributed by atoms with Crippen LogP contribution < -0.4 is 5.32 Å². The van der Waals surface area contributed by atoms with Crippen molar-refractivity contribution in [1.29, 1.82) is 0 Å². The second-order valence-electron chi connectivity index (χ2n) is 7.84. The lowest BCUT2D eigenvalue weighted by molar-refractivity contribution is 0.0950. The van der Waals surface area contributed by atoms with Gasteiger partial charge in [0.2, 0.25) is 10.0 Å². The van der Waals surface area contributed by atoms with Gasteiger partial charge >= 0.3 is 0 Å². The normalized spacial score (nSPS) is 15.7. The monoisotopic (exact) mass is 463 g/mol. The Morgan fingerprint density at radius 2 is 1.71 bits per heavy atom. The maximum Gasteiger partial charge on any atom is 0.253 e. The van der Waals surface area contributed by atoms with Crippen LogP contribution >= 0.6 is 11.6 Å². The summed E-state index contributed by atoms with van der Waals surface area (Å²) in [7, 11) is -1.71. The summed E-state index contributed by atoms with van der Waals surface area (Å²) in [6.07, 6.45) is 1.79. The molecule has 1 aliphatic heterocycles. The van der Waals surface area contributed by atoms with Crippen molar-refractivity contribution in [2.45, 2.75) is 38.1 Å². The van der Waals surface area contributed by atoms with E-state index >= 15 is 0 Å². The molecule has 0 aromatic heterocycles. The van der Waals surface area contributed by atoms with Crippen LogP contribution in [0.25, 0.3) is 0 Å². The van der Waals surface area contributed by atoms with Gasteiger partial charge in [-0.1, -0.05) is 43.6 Å². The van der Waals surface area contributed by atoms with Crippen LogP contribution in [0.3, 0.4) is 0 Å². The minimum absolute atomic E-state index is 0.0915. The molecule has 0 atom stereocenters. The van der Waals surface area contributed by atoms with Crippen molar-refractivity contribution in [1.82, 2.24) is 14.5 Å². The number of likely N-dealkylation sites (N-methyl/N-ethyl adjacent to an activating group) is 1. The number of piperazine rings is 1. The number of aryl methyl sites for hydroxylation is 2. The molecule has 0 bridgehead atoms. The summed E-state index contributed by atoms with van der Waals surface area (Å²) in [6.45, 7) is 6.74. The average Bonchev–Trinajstić information content (AvgIpc) is 2.77. The van der Waals surface area contributed by atoms with Crippen molar-refractivity contribution < 1.29 is 13.2 Å². The molecule has 8 heteroatoms. The molecular formula is C23H30ClN3O3S. The van der Waals surface area contributed by atoms with Crippen LogP contribution in [0.1, 0.15) is 40.9 Å². The van der Waals surface area contributed by atoms with Gasteiger partial charge in [-0.3, -0.25) is 4.79 Å². The number of hydrogen-bond acceptors (Lipinski definition) is 4. The van der Waals surface area contributed by atoms with Gasteiger partial charge < -0.3 is 10.2 Å². The highest BCUT2D eigenvalue weighted by atomic mass is 35.5. The van der Waals surface area contributed by atoms with E-state index in [1.807, 2.05) is 7.05 Å². The minimum Gasteiger partial charge on any atom is -0.348 e. The zero-order chi connectivity index (χ0) is 22.6. The summed E-state index contributed by atoms with van der Waals surface area (Å²) in [4.78, 5) is 15.1. The van der Waals surface area contributed by atoms with E-state index in [4.69, 9.17) is 11.6 Å². The van der Waals surface area contributed by atoms with E-state index in [1.165, 1.54) is 33.6 Å². The van der Waals surface area contributed by atoms with Gasteiger partial charge in [0, 0.05) is 32.7 Å².